The zero-order valence-corrected chi connectivity index (χ0v) is 15.8. The van der Waals surface area contributed by atoms with Crippen LogP contribution in [0.3, 0.4) is 0 Å². The summed E-state index contributed by atoms with van der Waals surface area (Å²) in [4.78, 5) is 38.8. The van der Waals surface area contributed by atoms with Crippen molar-refractivity contribution in [1.29, 1.82) is 0 Å². The Morgan fingerprint density at radius 1 is 1.12 bits per heavy atom. The molecule has 1 heterocycles. The number of amides is 3. The van der Waals surface area contributed by atoms with Crippen molar-refractivity contribution in [3.8, 4) is 0 Å². The number of sulfone groups is 1. The van der Waals surface area contributed by atoms with Gasteiger partial charge in [-0.2, -0.15) is 0 Å². The summed E-state index contributed by atoms with van der Waals surface area (Å²) in [6.45, 7) is 2.46. The second kappa shape index (κ2) is 8.44. The first-order valence-corrected chi connectivity index (χ1v) is 10.7. The molecule has 1 unspecified atom stereocenters. The van der Waals surface area contributed by atoms with E-state index >= 15 is 0 Å². The average Bonchev–Trinajstić information content (AvgIpc) is 2.83. The Morgan fingerprint density at radius 3 is 2.19 bits per heavy atom. The lowest BCUT2D eigenvalue weighted by atomic mass is 10.1. The van der Waals surface area contributed by atoms with Gasteiger partial charge in [0.2, 0.25) is 5.91 Å². The smallest absolute Gasteiger partial charge is 0.262 e. The summed E-state index contributed by atoms with van der Waals surface area (Å²) in [5.41, 5.74) is 0.473. The molecule has 0 saturated carbocycles. The normalized spacial score (nSPS) is 15.1. The Labute approximate surface area is 153 Å². The number of nitrogens with zero attached hydrogens (tertiary/aromatic N) is 1. The highest BCUT2D eigenvalue weighted by molar-refractivity contribution is 7.90. The fourth-order valence-corrected chi connectivity index (χ4v) is 3.55. The summed E-state index contributed by atoms with van der Waals surface area (Å²) in [6, 6.07) is 5.21. The number of unbranched alkanes of at least 4 members (excludes halogenated alkanes) is 2. The fraction of sp³-hybridized carbons (Fsp3) is 0.500. The van der Waals surface area contributed by atoms with E-state index in [4.69, 9.17) is 0 Å². The molecule has 1 aromatic carbocycles. The molecular weight excluding hydrogens is 356 g/mol. The molecule has 7 nitrogen and oxygen atoms in total. The summed E-state index contributed by atoms with van der Waals surface area (Å²) in [5, 5.41) is 2.72. The van der Waals surface area contributed by atoms with Crippen LogP contribution in [0.2, 0.25) is 0 Å². The Bertz CT molecular complexity index is 769. The first kappa shape index (κ1) is 20.1. The van der Waals surface area contributed by atoms with Crippen LogP contribution in [0.5, 0.6) is 0 Å². The Hall–Kier alpha value is -2.22. The number of rotatable bonds is 9. The molecule has 0 aromatic heterocycles. The van der Waals surface area contributed by atoms with Gasteiger partial charge in [0.05, 0.1) is 16.9 Å². The molecule has 0 aliphatic carbocycles. The highest BCUT2D eigenvalue weighted by Crippen LogP contribution is 2.25. The summed E-state index contributed by atoms with van der Waals surface area (Å²) in [7, 11) is -3.34. The van der Waals surface area contributed by atoms with Crippen LogP contribution in [0, 0.1) is 0 Å². The van der Waals surface area contributed by atoms with Gasteiger partial charge in [-0.15, -0.1) is 0 Å². The van der Waals surface area contributed by atoms with Crippen molar-refractivity contribution < 1.29 is 22.8 Å². The number of nitrogens with one attached hydrogen (secondary N) is 1. The van der Waals surface area contributed by atoms with Gasteiger partial charge >= 0.3 is 0 Å². The van der Waals surface area contributed by atoms with Crippen LogP contribution in [0.1, 0.15) is 53.3 Å². The number of benzene rings is 1. The molecule has 0 saturated heterocycles. The molecule has 1 atom stereocenters. The maximum absolute atomic E-state index is 12.6. The molecule has 1 aliphatic heterocycles. The second-order valence-electron chi connectivity index (χ2n) is 6.46. The lowest BCUT2D eigenvalue weighted by molar-refractivity contribution is -0.125. The quantitative estimate of drug-likeness (QED) is 0.515. The van der Waals surface area contributed by atoms with Crippen LogP contribution in [0.25, 0.3) is 0 Å². The average molecular weight is 380 g/mol. The number of carbonyl (C=O) groups is 3. The van der Waals surface area contributed by atoms with Crippen molar-refractivity contribution in [1.82, 2.24) is 10.2 Å². The molecule has 26 heavy (non-hydrogen) atoms. The maximum Gasteiger partial charge on any atom is 0.262 e. The highest BCUT2D eigenvalue weighted by atomic mass is 32.2. The van der Waals surface area contributed by atoms with Crippen molar-refractivity contribution >= 4 is 27.6 Å². The van der Waals surface area contributed by atoms with E-state index in [2.05, 4.69) is 5.32 Å². The van der Waals surface area contributed by atoms with E-state index in [1.54, 1.807) is 12.1 Å². The first-order chi connectivity index (χ1) is 12.3. The fourth-order valence-electron chi connectivity index (χ4n) is 2.90. The van der Waals surface area contributed by atoms with Gasteiger partial charge in [0.1, 0.15) is 15.9 Å². The molecule has 1 N–H and O–H groups in total. The van der Waals surface area contributed by atoms with E-state index in [1.807, 2.05) is 6.92 Å². The van der Waals surface area contributed by atoms with Gasteiger partial charge in [-0.3, -0.25) is 19.3 Å². The lowest BCUT2D eigenvalue weighted by Crippen LogP contribution is -2.50. The summed E-state index contributed by atoms with van der Waals surface area (Å²) in [6.07, 6.45) is 3.66. The number of hydrogen-bond donors (Lipinski definition) is 1. The van der Waals surface area contributed by atoms with Crippen LogP contribution >= 0.6 is 0 Å². The zero-order chi connectivity index (χ0) is 19.3. The highest BCUT2D eigenvalue weighted by Gasteiger charge is 2.42. The van der Waals surface area contributed by atoms with Gasteiger partial charge in [-0.1, -0.05) is 31.9 Å². The largest absolute Gasteiger partial charge is 0.354 e. The molecule has 142 valence electrons. The zero-order valence-electron chi connectivity index (χ0n) is 15.0. The van der Waals surface area contributed by atoms with Gasteiger partial charge in [0.15, 0.2) is 0 Å². The van der Waals surface area contributed by atoms with E-state index in [-0.39, 0.29) is 23.3 Å². The van der Waals surface area contributed by atoms with Crippen molar-refractivity contribution in [3.05, 3.63) is 35.4 Å². The number of hydrogen-bond acceptors (Lipinski definition) is 5. The minimum absolute atomic E-state index is 0.121. The van der Waals surface area contributed by atoms with E-state index in [1.165, 1.54) is 12.1 Å². The minimum Gasteiger partial charge on any atom is -0.354 e. The first-order valence-electron chi connectivity index (χ1n) is 8.68. The lowest BCUT2D eigenvalue weighted by Gasteiger charge is -2.25. The van der Waals surface area contributed by atoms with Gasteiger partial charge in [0.25, 0.3) is 11.8 Å². The summed E-state index contributed by atoms with van der Waals surface area (Å²) >= 11 is 0. The van der Waals surface area contributed by atoms with E-state index in [9.17, 15) is 22.8 Å². The molecule has 8 heteroatoms. The maximum atomic E-state index is 12.6. The van der Waals surface area contributed by atoms with Gasteiger partial charge in [-0.05, 0) is 25.0 Å². The molecule has 1 aromatic rings. The number of imide groups is 1. The molecule has 0 fully saturated rings. The van der Waals surface area contributed by atoms with Crippen LogP contribution in [0.15, 0.2) is 24.3 Å². The minimum atomic E-state index is -3.34. The SMILES string of the molecule is CCCCCNC(=O)C(CCS(C)(=O)=O)N1C(=O)c2ccccc2C1=O. The third-order valence-electron chi connectivity index (χ3n) is 4.28. The van der Waals surface area contributed by atoms with Crippen molar-refractivity contribution in [2.24, 2.45) is 0 Å². The van der Waals surface area contributed by atoms with Crippen LogP contribution < -0.4 is 5.32 Å². The van der Waals surface area contributed by atoms with E-state index < -0.39 is 33.6 Å². The topological polar surface area (TPSA) is 101 Å². The standard InChI is InChI=1S/C18H24N2O5S/c1-3-4-7-11-19-16(21)15(10-12-26(2,24)25)20-17(22)13-8-5-6-9-14(13)18(20)23/h5-6,8-9,15H,3-4,7,10-12H2,1-2H3,(H,19,21). The third kappa shape index (κ3) is 4.69. The van der Waals surface area contributed by atoms with E-state index in [0.29, 0.717) is 6.54 Å². The summed E-state index contributed by atoms with van der Waals surface area (Å²) in [5.74, 6) is -1.91. The second-order valence-corrected chi connectivity index (χ2v) is 8.72. The summed E-state index contributed by atoms with van der Waals surface area (Å²) < 4.78 is 23.1. The number of fused-ring (bicyclic) bond motifs is 1. The predicted octanol–water partition coefficient (Wildman–Crippen LogP) is 1.39. The van der Waals surface area contributed by atoms with Crippen molar-refractivity contribution in [2.75, 3.05) is 18.6 Å². The van der Waals surface area contributed by atoms with Crippen LogP contribution in [0.4, 0.5) is 0 Å². The number of carbonyl (C=O) groups excluding carboxylic acids is 3. The van der Waals surface area contributed by atoms with Crippen LogP contribution in [-0.4, -0.2) is 55.6 Å². The van der Waals surface area contributed by atoms with Crippen molar-refractivity contribution in [2.45, 2.75) is 38.6 Å². The predicted molar refractivity (Wildman–Crippen MR) is 97.6 cm³/mol. The Kier molecular flexibility index (Phi) is 6.52. The van der Waals surface area contributed by atoms with Gasteiger partial charge < -0.3 is 5.32 Å². The molecule has 3 amide bonds. The van der Waals surface area contributed by atoms with E-state index in [0.717, 1.165) is 30.4 Å². The molecule has 0 spiro atoms. The van der Waals surface area contributed by atoms with Gasteiger partial charge in [0, 0.05) is 12.8 Å². The van der Waals surface area contributed by atoms with Crippen molar-refractivity contribution in [3.63, 3.8) is 0 Å². The molecule has 1 aliphatic rings. The monoisotopic (exact) mass is 380 g/mol. The molecule has 0 bridgehead atoms. The Morgan fingerprint density at radius 2 is 1.69 bits per heavy atom. The Balaban J connectivity index is 2.22. The third-order valence-corrected chi connectivity index (χ3v) is 5.26. The van der Waals surface area contributed by atoms with Gasteiger partial charge in [-0.25, -0.2) is 8.42 Å². The molecular formula is C18H24N2O5S. The van der Waals surface area contributed by atoms with Crippen LogP contribution in [-0.2, 0) is 14.6 Å². The molecule has 2 rings (SSSR count). The molecule has 0 radical (unpaired) electrons.